The maximum Gasteiger partial charge on any atom is -0.0124 e. The molecule has 0 N–H and O–H groups in total. The largest absolute Gasteiger partial charge is 0.103 e. The van der Waals surface area contributed by atoms with Gasteiger partial charge >= 0.3 is 0 Å². The van der Waals surface area contributed by atoms with Crippen molar-refractivity contribution in [3.8, 4) is 11.1 Å². The zero-order valence-corrected chi connectivity index (χ0v) is 21.2. The highest BCUT2D eigenvalue weighted by Gasteiger charge is 2.11. The standard InChI is InChI=1S/C17H20.C14H14.C3H6/c1-2-16(14-15-10-6-5-7-11-15)17-12-8-3-4-9-13-17;1-2-12-8-10-14(11-9-12)13-6-4-3-5-7-13;1-3-2/h3,5-13,16H,2,4,14H2,1H3;3-11H,2H2,1H3;3H,1H2,2H3. The van der Waals surface area contributed by atoms with Crippen LogP contribution in [0.2, 0.25) is 0 Å². The number of hydrogen-bond acceptors (Lipinski definition) is 0. The molecule has 0 aromatic heterocycles. The molecule has 0 aliphatic heterocycles. The van der Waals surface area contributed by atoms with Crippen molar-refractivity contribution in [3.05, 3.63) is 145 Å². The van der Waals surface area contributed by atoms with Gasteiger partial charge in [0.05, 0.1) is 0 Å². The lowest BCUT2D eigenvalue weighted by Crippen LogP contribution is -2.05. The molecular formula is C34H40. The Labute approximate surface area is 208 Å². The summed E-state index contributed by atoms with van der Waals surface area (Å²) in [6.07, 6.45) is 17.4. The molecule has 1 unspecified atom stereocenters. The zero-order valence-electron chi connectivity index (χ0n) is 21.2. The van der Waals surface area contributed by atoms with E-state index in [0.29, 0.717) is 5.92 Å². The Morgan fingerprint density at radius 3 is 1.94 bits per heavy atom. The van der Waals surface area contributed by atoms with Gasteiger partial charge in [0.25, 0.3) is 0 Å². The molecular weight excluding hydrogens is 408 g/mol. The number of allylic oxidation sites excluding steroid dienone is 7. The van der Waals surface area contributed by atoms with E-state index in [4.69, 9.17) is 0 Å². The number of benzene rings is 3. The van der Waals surface area contributed by atoms with E-state index in [2.05, 4.69) is 130 Å². The molecule has 0 spiro atoms. The maximum atomic E-state index is 3.36. The smallest absolute Gasteiger partial charge is 0.0124 e. The molecule has 0 saturated heterocycles. The normalized spacial score (nSPS) is 12.7. The Balaban J connectivity index is 0.000000219. The van der Waals surface area contributed by atoms with Crippen LogP contribution in [0.15, 0.2) is 134 Å². The van der Waals surface area contributed by atoms with Gasteiger partial charge in [0.1, 0.15) is 0 Å². The minimum absolute atomic E-state index is 0.636. The second kappa shape index (κ2) is 16.3. The predicted molar refractivity (Wildman–Crippen MR) is 152 cm³/mol. The average molecular weight is 449 g/mol. The van der Waals surface area contributed by atoms with Crippen LogP contribution in [-0.2, 0) is 12.8 Å². The Morgan fingerprint density at radius 1 is 0.765 bits per heavy atom. The van der Waals surface area contributed by atoms with E-state index in [0.717, 1.165) is 19.3 Å². The lowest BCUT2D eigenvalue weighted by Gasteiger charge is -2.16. The Kier molecular flexibility index (Phi) is 12.9. The van der Waals surface area contributed by atoms with Gasteiger partial charge in [-0.05, 0) is 66.4 Å². The highest BCUT2D eigenvalue weighted by Crippen LogP contribution is 2.23. The predicted octanol–water partition coefficient (Wildman–Crippen LogP) is 9.81. The molecule has 1 atom stereocenters. The summed E-state index contributed by atoms with van der Waals surface area (Å²) in [5.41, 5.74) is 6.87. The van der Waals surface area contributed by atoms with Gasteiger partial charge in [-0.2, -0.15) is 0 Å². The minimum Gasteiger partial charge on any atom is -0.103 e. The maximum absolute atomic E-state index is 3.36. The molecule has 0 fully saturated rings. The molecule has 0 heteroatoms. The highest BCUT2D eigenvalue weighted by molar-refractivity contribution is 5.63. The van der Waals surface area contributed by atoms with Crippen molar-refractivity contribution in [2.45, 2.75) is 46.5 Å². The Bertz CT molecular complexity index is 1020. The first-order chi connectivity index (χ1) is 16.7. The quantitative estimate of drug-likeness (QED) is 0.329. The first-order valence-corrected chi connectivity index (χ1v) is 12.5. The summed E-state index contributed by atoms with van der Waals surface area (Å²) in [7, 11) is 0. The van der Waals surface area contributed by atoms with Gasteiger partial charge in [0, 0.05) is 0 Å². The first kappa shape index (κ1) is 26.9. The molecule has 4 rings (SSSR count). The van der Waals surface area contributed by atoms with E-state index in [1.807, 2.05) is 13.0 Å². The summed E-state index contributed by atoms with van der Waals surface area (Å²) >= 11 is 0. The van der Waals surface area contributed by atoms with Gasteiger partial charge in [0.2, 0.25) is 0 Å². The number of rotatable bonds is 6. The molecule has 0 bridgehead atoms. The fourth-order valence-corrected chi connectivity index (χ4v) is 3.83. The zero-order chi connectivity index (χ0) is 24.4. The summed E-state index contributed by atoms with van der Waals surface area (Å²) < 4.78 is 0. The van der Waals surface area contributed by atoms with Crippen molar-refractivity contribution < 1.29 is 0 Å². The van der Waals surface area contributed by atoms with E-state index >= 15 is 0 Å². The van der Waals surface area contributed by atoms with Crippen LogP contribution in [0.1, 0.15) is 44.7 Å². The van der Waals surface area contributed by atoms with Crippen molar-refractivity contribution in [2.24, 2.45) is 5.92 Å². The van der Waals surface area contributed by atoms with Gasteiger partial charge in [-0.3, -0.25) is 0 Å². The van der Waals surface area contributed by atoms with Crippen LogP contribution in [0, 0.1) is 5.92 Å². The molecule has 1 aliphatic rings. The molecule has 0 amide bonds. The topological polar surface area (TPSA) is 0 Å². The van der Waals surface area contributed by atoms with Crippen LogP contribution in [0.3, 0.4) is 0 Å². The Morgan fingerprint density at radius 2 is 1.35 bits per heavy atom. The van der Waals surface area contributed by atoms with Crippen LogP contribution in [-0.4, -0.2) is 0 Å². The molecule has 176 valence electrons. The number of hydrogen-bond donors (Lipinski definition) is 0. The highest BCUT2D eigenvalue weighted by atomic mass is 14.2. The number of aryl methyl sites for hydroxylation is 1. The van der Waals surface area contributed by atoms with Crippen LogP contribution in [0.25, 0.3) is 11.1 Å². The molecule has 3 aromatic carbocycles. The third-order valence-electron chi connectivity index (χ3n) is 5.77. The van der Waals surface area contributed by atoms with Gasteiger partial charge in [0.15, 0.2) is 0 Å². The van der Waals surface area contributed by atoms with Gasteiger partial charge in [-0.25, -0.2) is 0 Å². The van der Waals surface area contributed by atoms with Crippen LogP contribution < -0.4 is 0 Å². The summed E-state index contributed by atoms with van der Waals surface area (Å²) in [6.45, 7) is 9.70. The summed E-state index contributed by atoms with van der Waals surface area (Å²) in [5, 5.41) is 0. The van der Waals surface area contributed by atoms with Gasteiger partial charge < -0.3 is 0 Å². The van der Waals surface area contributed by atoms with Crippen molar-refractivity contribution in [1.82, 2.24) is 0 Å². The third kappa shape index (κ3) is 9.63. The van der Waals surface area contributed by atoms with E-state index in [-0.39, 0.29) is 0 Å². The van der Waals surface area contributed by atoms with Gasteiger partial charge in [-0.1, -0.05) is 135 Å². The lowest BCUT2D eigenvalue weighted by molar-refractivity contribution is 0.601. The van der Waals surface area contributed by atoms with E-state index < -0.39 is 0 Å². The fourth-order valence-electron chi connectivity index (χ4n) is 3.83. The van der Waals surface area contributed by atoms with Crippen molar-refractivity contribution in [2.75, 3.05) is 0 Å². The van der Waals surface area contributed by atoms with Crippen LogP contribution in [0.5, 0.6) is 0 Å². The molecule has 1 aliphatic carbocycles. The molecule has 0 radical (unpaired) electrons. The van der Waals surface area contributed by atoms with Crippen molar-refractivity contribution in [1.29, 1.82) is 0 Å². The monoisotopic (exact) mass is 448 g/mol. The SMILES string of the molecule is C=CC.CCC(Cc1ccccc1)C1=CC=CCC=C1.CCc1ccc(-c2ccccc2)cc1. The third-order valence-corrected chi connectivity index (χ3v) is 5.77. The van der Waals surface area contributed by atoms with E-state index in [1.165, 1.54) is 34.2 Å². The second-order valence-corrected chi connectivity index (χ2v) is 8.35. The molecule has 0 heterocycles. The summed E-state index contributed by atoms with van der Waals surface area (Å²) in [6, 6.07) is 30.0. The first-order valence-electron chi connectivity index (χ1n) is 12.5. The lowest BCUT2D eigenvalue weighted by atomic mass is 9.89. The molecule has 3 aromatic rings. The van der Waals surface area contributed by atoms with Crippen LogP contribution >= 0.6 is 0 Å². The second-order valence-electron chi connectivity index (χ2n) is 8.35. The van der Waals surface area contributed by atoms with Gasteiger partial charge in [-0.15, -0.1) is 6.58 Å². The molecule has 0 nitrogen and oxygen atoms in total. The van der Waals surface area contributed by atoms with E-state index in [9.17, 15) is 0 Å². The average Bonchev–Trinajstić information content (AvgIpc) is 3.19. The van der Waals surface area contributed by atoms with E-state index in [1.54, 1.807) is 6.08 Å². The van der Waals surface area contributed by atoms with Crippen LogP contribution in [0.4, 0.5) is 0 Å². The summed E-state index contributed by atoms with van der Waals surface area (Å²) in [4.78, 5) is 0. The van der Waals surface area contributed by atoms with Crippen molar-refractivity contribution >= 4 is 0 Å². The summed E-state index contributed by atoms with van der Waals surface area (Å²) in [5.74, 6) is 0.636. The fraction of sp³-hybridized carbons (Fsp3) is 0.235. The Hall–Kier alpha value is -3.38. The molecule has 0 saturated carbocycles. The van der Waals surface area contributed by atoms with Crippen molar-refractivity contribution in [3.63, 3.8) is 0 Å². The minimum atomic E-state index is 0.636. The molecule has 34 heavy (non-hydrogen) atoms.